The number of anilines is 3. The SMILES string of the molecule is CC(=O)c1ccc(Nc2ccc(NS(=O)(=O)c3ccc(F)c(C)c3)cc2)cc1. The minimum absolute atomic E-state index is 0.000431. The molecule has 0 aliphatic carbocycles. The highest BCUT2D eigenvalue weighted by Gasteiger charge is 2.15. The van der Waals surface area contributed by atoms with Gasteiger partial charge in [0.2, 0.25) is 0 Å². The largest absolute Gasteiger partial charge is 0.356 e. The fourth-order valence-corrected chi connectivity index (χ4v) is 3.72. The van der Waals surface area contributed by atoms with Gasteiger partial charge >= 0.3 is 0 Å². The molecule has 7 heteroatoms. The van der Waals surface area contributed by atoms with Crippen molar-refractivity contribution in [2.45, 2.75) is 18.7 Å². The number of carbonyl (C=O) groups excluding carboxylic acids is 1. The highest BCUT2D eigenvalue weighted by Crippen LogP contribution is 2.22. The number of carbonyl (C=O) groups is 1. The van der Waals surface area contributed by atoms with E-state index in [0.717, 1.165) is 17.4 Å². The van der Waals surface area contributed by atoms with Crippen molar-refractivity contribution in [2.75, 3.05) is 10.0 Å². The summed E-state index contributed by atoms with van der Waals surface area (Å²) in [6, 6.07) is 17.4. The first-order chi connectivity index (χ1) is 13.2. The lowest BCUT2D eigenvalue weighted by atomic mass is 10.1. The van der Waals surface area contributed by atoms with E-state index in [1.165, 1.54) is 26.0 Å². The van der Waals surface area contributed by atoms with Gasteiger partial charge in [-0.1, -0.05) is 0 Å². The Balaban J connectivity index is 1.71. The zero-order valence-corrected chi connectivity index (χ0v) is 16.2. The molecular weight excluding hydrogens is 379 g/mol. The third-order valence-corrected chi connectivity index (χ3v) is 5.54. The molecule has 3 rings (SSSR count). The average molecular weight is 398 g/mol. The van der Waals surface area contributed by atoms with Crippen LogP contribution < -0.4 is 10.0 Å². The van der Waals surface area contributed by atoms with E-state index in [9.17, 15) is 17.6 Å². The molecule has 0 heterocycles. The molecule has 0 saturated heterocycles. The number of Topliss-reactive ketones (excluding diaryl/α,β-unsaturated/α-hetero) is 1. The first-order valence-corrected chi connectivity index (χ1v) is 10.00. The van der Waals surface area contributed by atoms with Crippen LogP contribution in [0.25, 0.3) is 0 Å². The minimum atomic E-state index is -3.81. The molecule has 0 bridgehead atoms. The molecule has 0 unspecified atom stereocenters. The maximum atomic E-state index is 13.4. The normalized spacial score (nSPS) is 11.1. The maximum Gasteiger partial charge on any atom is 0.261 e. The first kappa shape index (κ1) is 19.6. The van der Waals surface area contributed by atoms with E-state index >= 15 is 0 Å². The second-order valence-electron chi connectivity index (χ2n) is 6.35. The van der Waals surface area contributed by atoms with E-state index in [1.807, 2.05) is 0 Å². The van der Waals surface area contributed by atoms with Crippen LogP contribution in [-0.2, 0) is 10.0 Å². The predicted octanol–water partition coefficient (Wildman–Crippen LogP) is 4.88. The summed E-state index contributed by atoms with van der Waals surface area (Å²) in [5, 5.41) is 3.18. The monoisotopic (exact) mass is 398 g/mol. The van der Waals surface area contributed by atoms with E-state index < -0.39 is 15.8 Å². The lowest BCUT2D eigenvalue weighted by molar-refractivity contribution is 0.101. The zero-order valence-electron chi connectivity index (χ0n) is 15.4. The second-order valence-corrected chi connectivity index (χ2v) is 8.03. The van der Waals surface area contributed by atoms with Gasteiger partial charge in [-0.15, -0.1) is 0 Å². The Labute approximate surface area is 163 Å². The molecule has 3 aromatic rings. The van der Waals surface area contributed by atoms with Crippen LogP contribution in [0.1, 0.15) is 22.8 Å². The van der Waals surface area contributed by atoms with Crippen molar-refractivity contribution in [1.29, 1.82) is 0 Å². The summed E-state index contributed by atoms with van der Waals surface area (Å²) >= 11 is 0. The van der Waals surface area contributed by atoms with Crippen molar-refractivity contribution < 1.29 is 17.6 Å². The molecule has 28 heavy (non-hydrogen) atoms. The lowest BCUT2D eigenvalue weighted by Gasteiger charge is -2.11. The van der Waals surface area contributed by atoms with Crippen LogP contribution in [-0.4, -0.2) is 14.2 Å². The molecule has 5 nitrogen and oxygen atoms in total. The Bertz CT molecular complexity index is 1110. The van der Waals surface area contributed by atoms with Crippen LogP contribution in [0, 0.1) is 12.7 Å². The fraction of sp³-hybridized carbons (Fsp3) is 0.0952. The van der Waals surface area contributed by atoms with Gasteiger partial charge in [-0.3, -0.25) is 9.52 Å². The summed E-state index contributed by atoms with van der Waals surface area (Å²) in [6.45, 7) is 3.02. The van der Waals surface area contributed by atoms with E-state index in [0.29, 0.717) is 11.3 Å². The number of rotatable bonds is 6. The van der Waals surface area contributed by atoms with Gasteiger partial charge in [-0.05, 0) is 86.1 Å². The van der Waals surface area contributed by atoms with Gasteiger partial charge in [-0.25, -0.2) is 12.8 Å². The maximum absolute atomic E-state index is 13.4. The molecule has 0 radical (unpaired) electrons. The highest BCUT2D eigenvalue weighted by atomic mass is 32.2. The predicted molar refractivity (Wildman–Crippen MR) is 108 cm³/mol. The molecule has 0 aliphatic rings. The van der Waals surface area contributed by atoms with Gasteiger partial charge in [0.25, 0.3) is 10.0 Å². The van der Waals surface area contributed by atoms with Crippen LogP contribution in [0.15, 0.2) is 71.6 Å². The van der Waals surface area contributed by atoms with Crippen LogP contribution in [0.5, 0.6) is 0 Å². The van der Waals surface area contributed by atoms with Crippen LogP contribution >= 0.6 is 0 Å². The Morgan fingerprint density at radius 2 is 1.39 bits per heavy atom. The Kier molecular flexibility index (Phi) is 5.46. The van der Waals surface area contributed by atoms with Crippen molar-refractivity contribution in [3.63, 3.8) is 0 Å². The summed E-state index contributed by atoms with van der Waals surface area (Å²) < 4.78 is 40.7. The van der Waals surface area contributed by atoms with E-state index in [-0.39, 0.29) is 16.2 Å². The van der Waals surface area contributed by atoms with Crippen LogP contribution in [0.2, 0.25) is 0 Å². The zero-order chi connectivity index (χ0) is 20.3. The summed E-state index contributed by atoms with van der Waals surface area (Å²) in [7, 11) is -3.81. The van der Waals surface area contributed by atoms with Crippen LogP contribution in [0.3, 0.4) is 0 Å². The third-order valence-electron chi connectivity index (χ3n) is 4.16. The van der Waals surface area contributed by atoms with Crippen molar-refractivity contribution in [2.24, 2.45) is 0 Å². The molecule has 0 saturated carbocycles. The Morgan fingerprint density at radius 1 is 0.857 bits per heavy atom. The quantitative estimate of drug-likeness (QED) is 0.580. The number of nitrogens with one attached hydrogen (secondary N) is 2. The van der Waals surface area contributed by atoms with Gasteiger partial charge in [-0.2, -0.15) is 0 Å². The number of halogens is 1. The number of ketones is 1. The van der Waals surface area contributed by atoms with Crippen molar-refractivity contribution in [1.82, 2.24) is 0 Å². The second kappa shape index (κ2) is 7.82. The molecule has 2 N–H and O–H groups in total. The number of hydrogen-bond donors (Lipinski definition) is 2. The summed E-state index contributed by atoms with van der Waals surface area (Å²) in [4.78, 5) is 11.3. The van der Waals surface area contributed by atoms with Gasteiger partial charge in [0.05, 0.1) is 4.90 Å². The Morgan fingerprint density at radius 3 is 1.93 bits per heavy atom. The minimum Gasteiger partial charge on any atom is -0.356 e. The molecule has 0 spiro atoms. The number of hydrogen-bond acceptors (Lipinski definition) is 4. The first-order valence-electron chi connectivity index (χ1n) is 8.52. The summed E-state index contributed by atoms with van der Waals surface area (Å²) in [6.07, 6.45) is 0. The molecule has 0 atom stereocenters. The lowest BCUT2D eigenvalue weighted by Crippen LogP contribution is -2.13. The Hall–Kier alpha value is -3.19. The smallest absolute Gasteiger partial charge is 0.261 e. The standard InChI is InChI=1S/C21H19FN2O3S/c1-14-13-20(11-12-21(14)22)28(26,27)24-19-9-7-18(8-10-19)23-17-5-3-16(4-6-17)15(2)25/h3-13,23-24H,1-2H3. The fourth-order valence-electron chi connectivity index (χ4n) is 2.57. The number of aryl methyl sites for hydroxylation is 1. The number of benzene rings is 3. The molecule has 3 aromatic carbocycles. The summed E-state index contributed by atoms with van der Waals surface area (Å²) in [5.41, 5.74) is 2.85. The van der Waals surface area contributed by atoms with Gasteiger partial charge in [0.1, 0.15) is 5.82 Å². The molecule has 0 aliphatic heterocycles. The molecule has 0 fully saturated rings. The van der Waals surface area contributed by atoms with E-state index in [2.05, 4.69) is 10.0 Å². The van der Waals surface area contributed by atoms with Crippen molar-refractivity contribution in [3.05, 3.63) is 83.7 Å². The van der Waals surface area contributed by atoms with E-state index in [1.54, 1.807) is 48.5 Å². The highest BCUT2D eigenvalue weighted by molar-refractivity contribution is 7.92. The number of sulfonamides is 1. The van der Waals surface area contributed by atoms with Crippen molar-refractivity contribution >= 4 is 32.9 Å². The molecular formula is C21H19FN2O3S. The average Bonchev–Trinajstić information content (AvgIpc) is 2.65. The van der Waals surface area contributed by atoms with Crippen molar-refractivity contribution in [3.8, 4) is 0 Å². The van der Waals surface area contributed by atoms with Gasteiger partial charge in [0.15, 0.2) is 5.78 Å². The molecule has 0 aromatic heterocycles. The van der Waals surface area contributed by atoms with Crippen LogP contribution in [0.4, 0.5) is 21.5 Å². The third kappa shape index (κ3) is 4.55. The molecule has 144 valence electrons. The van der Waals surface area contributed by atoms with Gasteiger partial charge < -0.3 is 5.32 Å². The van der Waals surface area contributed by atoms with Gasteiger partial charge in [0, 0.05) is 22.6 Å². The molecule has 0 amide bonds. The topological polar surface area (TPSA) is 75.3 Å². The summed E-state index contributed by atoms with van der Waals surface area (Å²) in [5.74, 6) is -0.453. The van der Waals surface area contributed by atoms with E-state index in [4.69, 9.17) is 0 Å².